The van der Waals surface area contributed by atoms with E-state index in [2.05, 4.69) is 9.37 Å². The average Bonchev–Trinajstić information content (AvgIpc) is 2.47. The maximum absolute atomic E-state index is 14.2. The Kier molecular flexibility index (Phi) is 4.53. The number of aliphatic hydroxyl groups is 1. The number of ether oxygens (including phenoxy) is 1. The summed E-state index contributed by atoms with van der Waals surface area (Å²) in [4.78, 5) is 11.9. The van der Waals surface area contributed by atoms with E-state index in [-0.39, 0.29) is 30.6 Å². The summed E-state index contributed by atoms with van der Waals surface area (Å²) in [6, 6.07) is 0. The third-order valence-electron chi connectivity index (χ3n) is 5.28. The molecule has 3 atom stereocenters. The number of hydrogen-bond donors (Lipinski definition) is 1. The molecular formula is C13H15F4O6S-. The van der Waals surface area contributed by atoms with E-state index in [4.69, 9.17) is 4.74 Å². The molecule has 0 amide bonds. The lowest BCUT2D eigenvalue weighted by atomic mass is 9.53. The van der Waals surface area contributed by atoms with Crippen molar-refractivity contribution in [2.75, 3.05) is 0 Å². The van der Waals surface area contributed by atoms with Crippen LogP contribution in [0.25, 0.3) is 0 Å². The molecule has 4 fully saturated rings. The highest BCUT2D eigenvalue weighted by molar-refractivity contribution is 7.96. The van der Waals surface area contributed by atoms with Crippen LogP contribution in [0.3, 0.4) is 0 Å². The number of alkyl halides is 4. The molecule has 1 N–H and O–H groups in total. The molecule has 0 aromatic rings. The average molecular weight is 375 g/mol. The molecule has 4 bridgehead atoms. The van der Waals surface area contributed by atoms with Gasteiger partial charge in [-0.25, -0.2) is 9.18 Å². The Bertz CT molecular complexity index is 501. The van der Waals surface area contributed by atoms with Crippen molar-refractivity contribution in [2.45, 2.75) is 55.0 Å². The van der Waals surface area contributed by atoms with E-state index in [1.165, 1.54) is 0 Å². The number of aliphatic hydroxyl groups excluding tert-OH is 1. The van der Waals surface area contributed by atoms with Crippen LogP contribution in [0.2, 0.25) is 0 Å². The van der Waals surface area contributed by atoms with E-state index in [1.807, 2.05) is 0 Å². The Morgan fingerprint density at radius 3 is 2.25 bits per heavy atom. The summed E-state index contributed by atoms with van der Waals surface area (Å²) in [5.74, 6) is -2.38. The lowest BCUT2D eigenvalue weighted by Gasteiger charge is -2.57. The molecular weight excluding hydrogens is 360 g/mol. The number of rotatable bonds is 5. The minimum absolute atomic E-state index is 0.132. The molecule has 4 rings (SSSR count). The predicted molar refractivity (Wildman–Crippen MR) is 68.0 cm³/mol. The number of halogens is 4. The molecule has 0 aliphatic heterocycles. The van der Waals surface area contributed by atoms with Gasteiger partial charge in [-0.1, -0.05) is 0 Å². The van der Waals surface area contributed by atoms with Crippen LogP contribution in [0, 0.1) is 17.8 Å². The molecule has 0 heterocycles. The molecule has 0 aromatic heterocycles. The summed E-state index contributed by atoms with van der Waals surface area (Å²) in [6.07, 6.45) is -4.05. The van der Waals surface area contributed by atoms with Gasteiger partial charge in [0.25, 0.3) is 0 Å². The third-order valence-corrected chi connectivity index (χ3v) is 6.03. The summed E-state index contributed by atoms with van der Waals surface area (Å²) >= 11 is -1.08. The van der Waals surface area contributed by atoms with Gasteiger partial charge in [0.2, 0.25) is 0 Å². The molecule has 4 saturated carbocycles. The second-order valence-electron chi connectivity index (χ2n) is 6.85. The largest absolute Gasteiger partial charge is 0.691 e. The molecule has 6 nitrogen and oxygen atoms in total. The van der Waals surface area contributed by atoms with Gasteiger partial charge in [0, 0.05) is 0 Å². The van der Waals surface area contributed by atoms with Crippen LogP contribution in [-0.2, 0) is 18.9 Å². The van der Waals surface area contributed by atoms with Crippen molar-refractivity contribution >= 4 is 18.0 Å². The van der Waals surface area contributed by atoms with Gasteiger partial charge in [0.15, 0.2) is 0 Å². The van der Waals surface area contributed by atoms with E-state index in [1.54, 1.807) is 0 Å². The summed E-state index contributed by atoms with van der Waals surface area (Å²) < 4.78 is 61.4. The fraction of sp³-hybridized carbons (Fsp3) is 0.923. The SMILES string of the molecule is O=C(OC12CC3CC(C1)C(O)C(C3)C2)C(F)(SOO[O-])C(F)(F)F. The molecule has 0 aromatic carbocycles. The molecule has 0 radical (unpaired) electrons. The van der Waals surface area contributed by atoms with Crippen LogP contribution in [0.5, 0.6) is 0 Å². The van der Waals surface area contributed by atoms with Crippen molar-refractivity contribution in [3.05, 3.63) is 0 Å². The highest BCUT2D eigenvalue weighted by atomic mass is 32.2. The van der Waals surface area contributed by atoms with Gasteiger partial charge in [-0.3, -0.25) is 5.04 Å². The number of hydrogen-bond acceptors (Lipinski definition) is 7. The Balaban J connectivity index is 1.78. The number of esters is 1. The fourth-order valence-electron chi connectivity index (χ4n) is 4.57. The third kappa shape index (κ3) is 2.90. The van der Waals surface area contributed by atoms with Crippen LogP contribution in [0.1, 0.15) is 32.1 Å². The Morgan fingerprint density at radius 1 is 1.17 bits per heavy atom. The van der Waals surface area contributed by atoms with Crippen LogP contribution in [0.15, 0.2) is 0 Å². The first-order chi connectivity index (χ1) is 11.1. The number of carbonyl (C=O) groups is 1. The van der Waals surface area contributed by atoms with E-state index >= 15 is 0 Å². The first kappa shape index (κ1) is 18.2. The molecule has 0 spiro atoms. The van der Waals surface area contributed by atoms with Gasteiger partial charge < -0.3 is 15.1 Å². The monoisotopic (exact) mass is 375 g/mol. The van der Waals surface area contributed by atoms with Crippen LogP contribution >= 0.6 is 12.0 Å². The van der Waals surface area contributed by atoms with Gasteiger partial charge in [-0.2, -0.15) is 17.5 Å². The Labute approximate surface area is 138 Å². The Morgan fingerprint density at radius 2 is 1.75 bits per heavy atom. The van der Waals surface area contributed by atoms with Gasteiger partial charge >= 0.3 is 17.1 Å². The smallest absolute Gasteiger partial charge is 0.446 e. The second-order valence-corrected chi connectivity index (χ2v) is 7.71. The molecule has 11 heteroatoms. The van der Waals surface area contributed by atoms with Crippen LogP contribution in [0.4, 0.5) is 17.6 Å². The molecule has 138 valence electrons. The van der Waals surface area contributed by atoms with Gasteiger partial charge in [-0.05, 0) is 49.9 Å². The maximum Gasteiger partial charge on any atom is 0.446 e. The first-order valence-corrected chi connectivity index (χ1v) is 8.16. The lowest BCUT2D eigenvalue weighted by molar-refractivity contribution is -0.777. The zero-order chi connectivity index (χ0) is 17.8. The topological polar surface area (TPSA) is 88.1 Å². The Hall–Kier alpha value is -0.620. The molecule has 4 aliphatic carbocycles. The van der Waals surface area contributed by atoms with E-state index in [9.17, 15) is 32.7 Å². The molecule has 3 unspecified atom stereocenters. The van der Waals surface area contributed by atoms with Crippen molar-refractivity contribution in [3.8, 4) is 0 Å². The highest BCUT2D eigenvalue weighted by Crippen LogP contribution is 2.58. The van der Waals surface area contributed by atoms with E-state index in [0.717, 1.165) is 12.8 Å². The highest BCUT2D eigenvalue weighted by Gasteiger charge is 2.68. The molecule has 0 saturated heterocycles. The summed E-state index contributed by atoms with van der Waals surface area (Å²) in [5, 5.41) is 18.0. The maximum atomic E-state index is 14.2. The van der Waals surface area contributed by atoms with Crippen molar-refractivity contribution in [1.82, 2.24) is 0 Å². The zero-order valence-corrected chi connectivity index (χ0v) is 13.1. The first-order valence-electron chi connectivity index (χ1n) is 7.42. The minimum atomic E-state index is -5.66. The lowest BCUT2D eigenvalue weighted by Crippen LogP contribution is -2.60. The van der Waals surface area contributed by atoms with Crippen molar-refractivity contribution in [3.63, 3.8) is 0 Å². The summed E-state index contributed by atoms with van der Waals surface area (Å²) in [6.45, 7) is 0. The number of carbonyl (C=O) groups excluding carboxylic acids is 1. The van der Waals surface area contributed by atoms with Gasteiger partial charge in [-0.15, -0.1) is 0 Å². The van der Waals surface area contributed by atoms with Crippen molar-refractivity contribution in [1.29, 1.82) is 0 Å². The molecule has 24 heavy (non-hydrogen) atoms. The van der Waals surface area contributed by atoms with Gasteiger partial charge in [0.05, 0.1) is 18.1 Å². The second kappa shape index (κ2) is 5.97. The standard InChI is InChI=1S/C13H16F4O6S/c14-12(13(15,16)17,24-23-22-20)10(19)21-11-3-6-1-7(4-11)9(18)8(2-6)5-11/h6-9,18,20H,1-5H2/p-1. The van der Waals surface area contributed by atoms with Gasteiger partial charge in [0.1, 0.15) is 5.60 Å². The zero-order valence-electron chi connectivity index (χ0n) is 12.3. The fourth-order valence-corrected chi connectivity index (χ4v) is 4.89. The normalized spacial score (nSPS) is 40.4. The van der Waals surface area contributed by atoms with E-state index < -0.39 is 40.9 Å². The molecule has 4 aliphatic rings. The van der Waals surface area contributed by atoms with Crippen LogP contribution in [-0.4, -0.2) is 34.0 Å². The predicted octanol–water partition coefficient (Wildman–Crippen LogP) is 1.57. The summed E-state index contributed by atoms with van der Waals surface area (Å²) in [7, 11) is 0. The minimum Gasteiger partial charge on any atom is -0.691 e. The van der Waals surface area contributed by atoms with Crippen molar-refractivity contribution in [2.24, 2.45) is 17.8 Å². The van der Waals surface area contributed by atoms with Crippen molar-refractivity contribution < 1.29 is 46.8 Å². The van der Waals surface area contributed by atoms with E-state index in [0.29, 0.717) is 6.42 Å². The quantitative estimate of drug-likeness (QED) is 0.257. The van der Waals surface area contributed by atoms with Crippen LogP contribution < -0.4 is 5.26 Å². The summed E-state index contributed by atoms with van der Waals surface area (Å²) in [5.41, 5.74) is -1.21.